The Labute approximate surface area is 118 Å². The average molecular weight is 280 g/mol. The Morgan fingerprint density at radius 1 is 1.53 bits per heavy atom. The second kappa shape index (κ2) is 6.82. The number of rotatable bonds is 4. The Morgan fingerprint density at radius 2 is 2.32 bits per heavy atom. The fourth-order valence-corrected chi connectivity index (χ4v) is 3.28. The number of nitrogens with one attached hydrogen (secondary N) is 2. The van der Waals surface area contributed by atoms with E-state index in [1.54, 1.807) is 0 Å². The molecular formula is C14H20N2O2S. The van der Waals surface area contributed by atoms with E-state index in [1.807, 2.05) is 30.8 Å². The highest BCUT2D eigenvalue weighted by Gasteiger charge is 2.22. The molecule has 104 valence electrons. The maximum absolute atomic E-state index is 11.9. The molecule has 0 aliphatic carbocycles. The van der Waals surface area contributed by atoms with Crippen LogP contribution in [0.4, 0.5) is 4.79 Å². The molecule has 0 spiro atoms. The van der Waals surface area contributed by atoms with Gasteiger partial charge in [0, 0.05) is 10.6 Å². The topological polar surface area (TPSA) is 61.4 Å². The molecule has 3 N–H and O–H groups in total. The Hall–Kier alpha value is -1.20. The van der Waals surface area contributed by atoms with E-state index in [1.165, 1.54) is 10.5 Å². The molecule has 2 atom stereocenters. The average Bonchev–Trinajstić information content (AvgIpc) is 2.45. The number of hydrogen-bond acceptors (Lipinski definition) is 3. The Balaban J connectivity index is 1.99. The molecule has 1 aliphatic heterocycles. The predicted octanol–water partition coefficient (Wildman–Crippen LogP) is 2.29. The number of amides is 2. The summed E-state index contributed by atoms with van der Waals surface area (Å²) < 4.78 is 0. The van der Waals surface area contributed by atoms with Crippen LogP contribution in [-0.2, 0) is 0 Å². The first-order valence-corrected chi connectivity index (χ1v) is 7.62. The minimum absolute atomic E-state index is 0.0268. The zero-order valence-corrected chi connectivity index (χ0v) is 11.9. The van der Waals surface area contributed by atoms with Crippen LogP contribution in [0.1, 0.15) is 31.4 Å². The first kappa shape index (κ1) is 14.2. The first-order chi connectivity index (χ1) is 9.24. The number of carbonyl (C=O) groups is 1. The van der Waals surface area contributed by atoms with Crippen molar-refractivity contribution in [1.29, 1.82) is 0 Å². The number of benzene rings is 1. The van der Waals surface area contributed by atoms with Crippen molar-refractivity contribution in [2.45, 2.75) is 36.7 Å². The molecule has 0 bridgehead atoms. The lowest BCUT2D eigenvalue weighted by Gasteiger charge is -2.26. The Bertz CT molecular complexity index is 435. The summed E-state index contributed by atoms with van der Waals surface area (Å²) in [7, 11) is 0. The highest BCUT2D eigenvalue weighted by molar-refractivity contribution is 7.99. The zero-order valence-electron chi connectivity index (χ0n) is 11.1. The molecule has 1 heterocycles. The number of aliphatic hydroxyl groups is 1. The Kier molecular flexibility index (Phi) is 5.10. The third-order valence-electron chi connectivity index (χ3n) is 3.31. The zero-order chi connectivity index (χ0) is 13.7. The largest absolute Gasteiger partial charge is 0.394 e. The summed E-state index contributed by atoms with van der Waals surface area (Å²) in [6.45, 7) is 1.91. The van der Waals surface area contributed by atoms with E-state index in [0.717, 1.165) is 18.6 Å². The fourth-order valence-electron chi connectivity index (χ4n) is 2.15. The molecule has 5 heteroatoms. The number of aliphatic hydroxyl groups excluding tert-OH is 1. The number of urea groups is 1. The van der Waals surface area contributed by atoms with E-state index in [-0.39, 0.29) is 24.7 Å². The van der Waals surface area contributed by atoms with Crippen molar-refractivity contribution in [2.75, 3.05) is 12.4 Å². The molecule has 1 aromatic rings. The van der Waals surface area contributed by atoms with E-state index in [0.29, 0.717) is 0 Å². The molecule has 0 unspecified atom stereocenters. The van der Waals surface area contributed by atoms with E-state index in [4.69, 9.17) is 5.11 Å². The molecule has 0 saturated heterocycles. The van der Waals surface area contributed by atoms with E-state index in [2.05, 4.69) is 22.8 Å². The number of thioether (sulfide) groups is 1. The van der Waals surface area contributed by atoms with Crippen LogP contribution in [0, 0.1) is 0 Å². The van der Waals surface area contributed by atoms with Gasteiger partial charge in [-0.05, 0) is 24.5 Å². The van der Waals surface area contributed by atoms with Gasteiger partial charge in [0.05, 0.1) is 18.7 Å². The maximum atomic E-state index is 11.9. The molecule has 0 saturated carbocycles. The lowest BCUT2D eigenvalue weighted by Crippen LogP contribution is -2.45. The normalized spacial score (nSPS) is 19.4. The third kappa shape index (κ3) is 3.64. The van der Waals surface area contributed by atoms with Crippen LogP contribution < -0.4 is 10.6 Å². The summed E-state index contributed by atoms with van der Waals surface area (Å²) >= 11 is 1.83. The van der Waals surface area contributed by atoms with Gasteiger partial charge in [0.1, 0.15) is 0 Å². The van der Waals surface area contributed by atoms with Crippen molar-refractivity contribution in [3.05, 3.63) is 29.8 Å². The van der Waals surface area contributed by atoms with Gasteiger partial charge in [0.25, 0.3) is 0 Å². The predicted molar refractivity (Wildman–Crippen MR) is 77.4 cm³/mol. The van der Waals surface area contributed by atoms with Gasteiger partial charge in [-0.2, -0.15) is 0 Å². The summed E-state index contributed by atoms with van der Waals surface area (Å²) in [5.74, 6) is 1.01. The van der Waals surface area contributed by atoms with Crippen LogP contribution >= 0.6 is 11.8 Å². The van der Waals surface area contributed by atoms with Crippen LogP contribution in [0.2, 0.25) is 0 Å². The van der Waals surface area contributed by atoms with Crippen molar-refractivity contribution in [2.24, 2.45) is 0 Å². The fraction of sp³-hybridized carbons (Fsp3) is 0.500. The summed E-state index contributed by atoms with van der Waals surface area (Å²) in [4.78, 5) is 13.2. The second-order valence-electron chi connectivity index (χ2n) is 4.63. The van der Waals surface area contributed by atoms with Crippen LogP contribution in [0.5, 0.6) is 0 Å². The lowest BCUT2D eigenvalue weighted by molar-refractivity contribution is 0.211. The van der Waals surface area contributed by atoms with Gasteiger partial charge >= 0.3 is 6.03 Å². The Morgan fingerprint density at radius 3 is 3.05 bits per heavy atom. The van der Waals surface area contributed by atoms with Crippen molar-refractivity contribution < 1.29 is 9.90 Å². The highest BCUT2D eigenvalue weighted by atomic mass is 32.2. The third-order valence-corrected chi connectivity index (χ3v) is 4.43. The molecule has 0 aromatic heterocycles. The van der Waals surface area contributed by atoms with Gasteiger partial charge < -0.3 is 15.7 Å². The monoisotopic (exact) mass is 280 g/mol. The van der Waals surface area contributed by atoms with E-state index in [9.17, 15) is 4.79 Å². The molecule has 1 aromatic carbocycles. The van der Waals surface area contributed by atoms with Crippen LogP contribution in [0.25, 0.3) is 0 Å². The second-order valence-corrected chi connectivity index (χ2v) is 5.77. The number of hydrogen-bond donors (Lipinski definition) is 3. The van der Waals surface area contributed by atoms with Gasteiger partial charge in [-0.25, -0.2) is 4.79 Å². The SMILES string of the molecule is CC[C@@H](CO)NC(=O)N[C@H]1CCSc2ccccc21. The molecule has 0 radical (unpaired) electrons. The summed E-state index contributed by atoms with van der Waals surface area (Å²) in [6.07, 6.45) is 1.66. The summed E-state index contributed by atoms with van der Waals surface area (Å²) in [5.41, 5.74) is 1.19. The molecule has 2 rings (SSSR count). The van der Waals surface area contributed by atoms with Crippen LogP contribution in [0.15, 0.2) is 29.2 Å². The van der Waals surface area contributed by atoms with Crippen molar-refractivity contribution in [3.8, 4) is 0 Å². The van der Waals surface area contributed by atoms with Crippen molar-refractivity contribution >= 4 is 17.8 Å². The maximum Gasteiger partial charge on any atom is 0.315 e. The molecular weight excluding hydrogens is 260 g/mol. The molecule has 4 nitrogen and oxygen atoms in total. The summed E-state index contributed by atoms with van der Waals surface area (Å²) in [6, 6.07) is 7.87. The minimum Gasteiger partial charge on any atom is -0.394 e. The minimum atomic E-state index is -0.201. The van der Waals surface area contributed by atoms with Gasteiger partial charge in [0.2, 0.25) is 0 Å². The van der Waals surface area contributed by atoms with E-state index >= 15 is 0 Å². The van der Waals surface area contributed by atoms with Crippen molar-refractivity contribution in [1.82, 2.24) is 10.6 Å². The van der Waals surface area contributed by atoms with E-state index < -0.39 is 0 Å². The van der Waals surface area contributed by atoms with Crippen LogP contribution in [-0.4, -0.2) is 29.5 Å². The van der Waals surface area contributed by atoms with Gasteiger partial charge in [-0.15, -0.1) is 11.8 Å². The molecule has 1 aliphatic rings. The quantitative estimate of drug-likeness (QED) is 0.793. The van der Waals surface area contributed by atoms with Crippen molar-refractivity contribution in [3.63, 3.8) is 0 Å². The number of carbonyl (C=O) groups excluding carboxylic acids is 1. The highest BCUT2D eigenvalue weighted by Crippen LogP contribution is 2.35. The standard InChI is InChI=1S/C14H20N2O2S/c1-2-10(9-17)15-14(18)16-12-7-8-19-13-6-4-3-5-11(12)13/h3-6,10,12,17H,2,7-9H2,1H3,(H2,15,16,18)/t10-,12-/m0/s1. The lowest BCUT2D eigenvalue weighted by atomic mass is 10.0. The molecule has 19 heavy (non-hydrogen) atoms. The summed E-state index contributed by atoms with van der Waals surface area (Å²) in [5, 5.41) is 14.9. The van der Waals surface area contributed by atoms with Gasteiger partial charge in [0.15, 0.2) is 0 Å². The smallest absolute Gasteiger partial charge is 0.315 e. The number of fused-ring (bicyclic) bond motifs is 1. The molecule has 0 fully saturated rings. The first-order valence-electron chi connectivity index (χ1n) is 6.64. The van der Waals surface area contributed by atoms with Gasteiger partial charge in [-0.3, -0.25) is 0 Å². The van der Waals surface area contributed by atoms with Crippen LogP contribution in [0.3, 0.4) is 0 Å². The van der Waals surface area contributed by atoms with Gasteiger partial charge in [-0.1, -0.05) is 25.1 Å². The molecule has 2 amide bonds.